The average Bonchev–Trinajstić information content (AvgIpc) is 2.91. The summed E-state index contributed by atoms with van der Waals surface area (Å²) >= 11 is 0. The third kappa shape index (κ3) is 2.14. The molecule has 0 spiro atoms. The van der Waals surface area contributed by atoms with Crippen LogP contribution in [0.2, 0.25) is 0 Å². The minimum Gasteiger partial charge on any atom is -0.299 e. The van der Waals surface area contributed by atoms with Gasteiger partial charge in [0.05, 0.1) is 0 Å². The van der Waals surface area contributed by atoms with E-state index in [-0.39, 0.29) is 0 Å². The smallest absolute Gasteiger partial charge is 0.136 e. The number of rotatable bonds is 2. The summed E-state index contributed by atoms with van der Waals surface area (Å²) in [6.07, 6.45) is 15.4. The molecule has 0 saturated heterocycles. The Morgan fingerprint density at radius 1 is 1.13 bits per heavy atom. The van der Waals surface area contributed by atoms with E-state index in [4.69, 9.17) is 0 Å². The molecule has 0 aromatic heterocycles. The molecule has 1 heteroatoms. The number of ketones is 1. The number of carbonyl (C=O) groups excluding carboxylic acids is 1. The van der Waals surface area contributed by atoms with Gasteiger partial charge in [0.25, 0.3) is 0 Å². The lowest BCUT2D eigenvalue weighted by atomic mass is 9.47. The summed E-state index contributed by atoms with van der Waals surface area (Å²) in [7, 11) is 0. The molecule has 0 bridgehead atoms. The monoisotopic (exact) mass is 314 g/mol. The van der Waals surface area contributed by atoms with E-state index in [1.54, 1.807) is 5.57 Å². The second kappa shape index (κ2) is 5.46. The summed E-state index contributed by atoms with van der Waals surface area (Å²) in [6, 6.07) is 0. The number of fused-ring (bicyclic) bond motifs is 5. The molecule has 6 atom stereocenters. The first kappa shape index (κ1) is 15.9. The first-order chi connectivity index (χ1) is 11.0. The van der Waals surface area contributed by atoms with Gasteiger partial charge in [0.15, 0.2) is 0 Å². The second-order valence-electron chi connectivity index (χ2n) is 9.45. The molecule has 0 N–H and O–H groups in total. The number of hydrogen-bond acceptors (Lipinski definition) is 1. The Morgan fingerprint density at radius 3 is 2.74 bits per heavy atom. The second-order valence-corrected chi connectivity index (χ2v) is 9.45. The van der Waals surface area contributed by atoms with Gasteiger partial charge in [0.1, 0.15) is 5.78 Å². The van der Waals surface area contributed by atoms with Gasteiger partial charge in [0.2, 0.25) is 0 Å². The molecule has 3 fully saturated rings. The number of carbonyl (C=O) groups is 1. The van der Waals surface area contributed by atoms with Crippen LogP contribution in [0.1, 0.15) is 85.0 Å². The van der Waals surface area contributed by atoms with Crippen molar-refractivity contribution in [1.82, 2.24) is 0 Å². The van der Waals surface area contributed by atoms with E-state index in [1.807, 2.05) is 0 Å². The Morgan fingerprint density at radius 2 is 1.96 bits per heavy atom. The Kier molecular flexibility index (Phi) is 3.78. The predicted molar refractivity (Wildman–Crippen MR) is 95.1 cm³/mol. The molecule has 0 aliphatic heterocycles. The zero-order chi connectivity index (χ0) is 16.2. The maximum Gasteiger partial charge on any atom is 0.136 e. The van der Waals surface area contributed by atoms with Crippen molar-refractivity contribution in [3.63, 3.8) is 0 Å². The highest BCUT2D eigenvalue weighted by Crippen LogP contribution is 2.66. The molecule has 0 aromatic carbocycles. The quantitative estimate of drug-likeness (QED) is 0.577. The molecule has 0 heterocycles. The lowest BCUT2D eigenvalue weighted by Gasteiger charge is -2.58. The molecule has 3 saturated carbocycles. The van der Waals surface area contributed by atoms with Gasteiger partial charge < -0.3 is 0 Å². The van der Waals surface area contributed by atoms with Gasteiger partial charge >= 0.3 is 0 Å². The Bertz CT molecular complexity index is 532. The zero-order valence-corrected chi connectivity index (χ0v) is 15.4. The summed E-state index contributed by atoms with van der Waals surface area (Å²) in [5.41, 5.74) is 2.61. The van der Waals surface area contributed by atoms with Crippen LogP contribution >= 0.6 is 0 Å². The van der Waals surface area contributed by atoms with Gasteiger partial charge in [-0.05, 0) is 86.4 Å². The van der Waals surface area contributed by atoms with Crippen molar-refractivity contribution in [3.05, 3.63) is 11.6 Å². The zero-order valence-electron chi connectivity index (χ0n) is 15.4. The van der Waals surface area contributed by atoms with Crippen molar-refractivity contribution in [2.45, 2.75) is 85.0 Å². The van der Waals surface area contributed by atoms with Crippen molar-refractivity contribution >= 4 is 5.78 Å². The van der Waals surface area contributed by atoms with E-state index in [0.717, 1.165) is 24.2 Å². The minimum absolute atomic E-state index is 0.320. The highest BCUT2D eigenvalue weighted by atomic mass is 16.1. The molecule has 0 radical (unpaired) electrons. The van der Waals surface area contributed by atoms with Crippen LogP contribution in [0, 0.1) is 34.5 Å². The largest absolute Gasteiger partial charge is 0.299 e. The van der Waals surface area contributed by atoms with E-state index in [0.29, 0.717) is 22.5 Å². The van der Waals surface area contributed by atoms with E-state index >= 15 is 0 Å². The van der Waals surface area contributed by atoms with Crippen molar-refractivity contribution < 1.29 is 4.79 Å². The molecule has 1 nitrogen and oxygen atoms in total. The normalized spacial score (nSPS) is 48.9. The molecule has 0 aromatic rings. The first-order valence-corrected chi connectivity index (χ1v) is 10.2. The molecule has 23 heavy (non-hydrogen) atoms. The minimum atomic E-state index is 0.320. The van der Waals surface area contributed by atoms with Gasteiger partial charge in [0, 0.05) is 12.3 Å². The molecule has 128 valence electrons. The molecular formula is C22H34O. The average molecular weight is 315 g/mol. The molecule has 4 rings (SSSR count). The molecule has 4 aliphatic carbocycles. The Labute approximate surface area is 142 Å². The lowest BCUT2D eigenvalue weighted by molar-refractivity contribution is -0.129. The van der Waals surface area contributed by atoms with Crippen molar-refractivity contribution in [2.75, 3.05) is 0 Å². The van der Waals surface area contributed by atoms with E-state index < -0.39 is 0 Å². The van der Waals surface area contributed by atoms with Crippen LogP contribution in [0.3, 0.4) is 0 Å². The lowest BCUT2D eigenvalue weighted by Crippen LogP contribution is -2.50. The standard InChI is InChI=1S/C22H34O/c1-4-20(23)19-11-10-17-16-9-8-15-7-5-6-13-21(15,2)18(16)12-14-22(17,19)3/h7,16-19H,4-6,8-14H2,1-3H3/t16-,17-,18-,19+,21-,22-/m0/s1. The number of hydrogen-bond donors (Lipinski definition) is 0. The van der Waals surface area contributed by atoms with Gasteiger partial charge in [-0.3, -0.25) is 4.79 Å². The van der Waals surface area contributed by atoms with Crippen molar-refractivity contribution in [2.24, 2.45) is 34.5 Å². The summed E-state index contributed by atoms with van der Waals surface area (Å²) in [6.45, 7) is 7.13. The Hall–Kier alpha value is -0.590. The van der Waals surface area contributed by atoms with Crippen LogP contribution in [0.4, 0.5) is 0 Å². The SMILES string of the molecule is CCC(=O)[C@H]1CC[C@H]2[C@@H]3CCC4=CCCC[C@]4(C)[C@H]3CC[C@]12C. The number of allylic oxidation sites excluding steroid dienone is 2. The summed E-state index contributed by atoms with van der Waals surface area (Å²) < 4.78 is 0. The van der Waals surface area contributed by atoms with Crippen LogP contribution < -0.4 is 0 Å². The summed E-state index contributed by atoms with van der Waals surface area (Å²) in [4.78, 5) is 12.5. The van der Waals surface area contributed by atoms with Crippen molar-refractivity contribution in [3.8, 4) is 0 Å². The van der Waals surface area contributed by atoms with Gasteiger partial charge in [-0.1, -0.05) is 32.4 Å². The predicted octanol–water partition coefficient (Wildman–Crippen LogP) is 5.93. The third-order valence-corrected chi connectivity index (χ3v) is 8.76. The molecule has 0 unspecified atom stereocenters. The Balaban J connectivity index is 1.64. The van der Waals surface area contributed by atoms with Crippen LogP contribution in [-0.4, -0.2) is 5.78 Å². The van der Waals surface area contributed by atoms with Gasteiger partial charge in [-0.15, -0.1) is 0 Å². The highest BCUT2D eigenvalue weighted by Gasteiger charge is 2.59. The van der Waals surface area contributed by atoms with Gasteiger partial charge in [-0.2, -0.15) is 0 Å². The van der Waals surface area contributed by atoms with E-state index in [1.165, 1.54) is 57.8 Å². The summed E-state index contributed by atoms with van der Waals surface area (Å²) in [5.74, 6) is 3.53. The van der Waals surface area contributed by atoms with E-state index in [9.17, 15) is 4.79 Å². The molecule has 0 amide bonds. The fraction of sp³-hybridized carbons (Fsp3) is 0.864. The van der Waals surface area contributed by atoms with Crippen LogP contribution in [0.5, 0.6) is 0 Å². The fourth-order valence-electron chi connectivity index (χ4n) is 7.53. The molecule has 4 aliphatic rings. The fourth-order valence-corrected chi connectivity index (χ4v) is 7.53. The van der Waals surface area contributed by atoms with Crippen molar-refractivity contribution in [1.29, 1.82) is 0 Å². The first-order valence-electron chi connectivity index (χ1n) is 10.2. The summed E-state index contributed by atoms with van der Waals surface area (Å²) in [5, 5.41) is 0. The van der Waals surface area contributed by atoms with Crippen LogP contribution in [0.25, 0.3) is 0 Å². The van der Waals surface area contributed by atoms with Crippen LogP contribution in [-0.2, 0) is 4.79 Å². The highest BCUT2D eigenvalue weighted by molar-refractivity contribution is 5.82. The topological polar surface area (TPSA) is 17.1 Å². The van der Waals surface area contributed by atoms with Gasteiger partial charge in [-0.25, -0.2) is 0 Å². The third-order valence-electron chi connectivity index (χ3n) is 8.76. The van der Waals surface area contributed by atoms with Crippen LogP contribution in [0.15, 0.2) is 11.6 Å². The maximum atomic E-state index is 12.5. The number of Topliss-reactive ketones (excluding diaryl/α,β-unsaturated/α-hetero) is 1. The maximum absolute atomic E-state index is 12.5. The molecular weight excluding hydrogens is 280 g/mol. The van der Waals surface area contributed by atoms with E-state index in [2.05, 4.69) is 26.8 Å².